The second-order valence-electron chi connectivity index (χ2n) is 4.12. The molecule has 1 aliphatic rings. The number of hydrogen-bond acceptors (Lipinski definition) is 3. The van der Waals surface area contributed by atoms with Gasteiger partial charge in [0, 0.05) is 12.8 Å². The molecule has 2 rings (SSSR count). The van der Waals surface area contributed by atoms with Gasteiger partial charge in [-0.2, -0.15) is 0 Å². The molecule has 3 heteroatoms. The largest absolute Gasteiger partial charge is 0.512 e. The fraction of sp³-hybridized carbons (Fsp3) is 0.357. The highest BCUT2D eigenvalue weighted by Gasteiger charge is 2.25. The first kappa shape index (κ1) is 11.7. The zero-order valence-corrected chi connectivity index (χ0v) is 10.1. The lowest BCUT2D eigenvalue weighted by atomic mass is 9.96. The Bertz CT molecular complexity index is 486. The number of methoxy groups -OCH3 is 1. The normalized spacial score (nSPS) is 15.5. The van der Waals surface area contributed by atoms with Gasteiger partial charge in [0.1, 0.15) is 11.5 Å². The van der Waals surface area contributed by atoms with Gasteiger partial charge in [-0.25, -0.2) is 0 Å². The molecular formula is C14H16O3. The number of ether oxygens (including phenoxy) is 1. The van der Waals surface area contributed by atoms with Crippen LogP contribution < -0.4 is 4.74 Å². The lowest BCUT2D eigenvalue weighted by Crippen LogP contribution is -2.01. The quantitative estimate of drug-likeness (QED) is 0.871. The average molecular weight is 232 g/mol. The third-order valence-electron chi connectivity index (χ3n) is 3.12. The van der Waals surface area contributed by atoms with Gasteiger partial charge < -0.3 is 9.84 Å². The SMILES string of the molecule is CCc1ccc(OC)cc1C1=C(O)CCC1=O. The van der Waals surface area contributed by atoms with Gasteiger partial charge in [0.15, 0.2) is 5.78 Å². The predicted molar refractivity (Wildman–Crippen MR) is 66.2 cm³/mol. The van der Waals surface area contributed by atoms with Crippen LogP contribution in [0.15, 0.2) is 24.0 Å². The standard InChI is InChI=1S/C14H16O3/c1-3-9-4-5-10(17-2)8-11(9)14-12(15)6-7-13(14)16/h4-5,8,15H,3,6-7H2,1-2H3. The molecule has 0 bridgehead atoms. The molecule has 0 spiro atoms. The fourth-order valence-corrected chi connectivity index (χ4v) is 2.17. The van der Waals surface area contributed by atoms with E-state index in [0.717, 1.165) is 17.5 Å². The Morgan fingerprint density at radius 3 is 2.65 bits per heavy atom. The summed E-state index contributed by atoms with van der Waals surface area (Å²) in [5.41, 5.74) is 2.34. The molecule has 1 aliphatic carbocycles. The Kier molecular flexibility index (Phi) is 3.18. The number of hydrogen-bond donors (Lipinski definition) is 1. The maximum Gasteiger partial charge on any atom is 0.167 e. The Morgan fingerprint density at radius 2 is 2.12 bits per heavy atom. The van der Waals surface area contributed by atoms with Gasteiger partial charge in [0.2, 0.25) is 0 Å². The van der Waals surface area contributed by atoms with E-state index in [1.807, 2.05) is 25.1 Å². The summed E-state index contributed by atoms with van der Waals surface area (Å²) in [6.45, 7) is 2.03. The maximum atomic E-state index is 11.8. The number of Topliss-reactive ketones (excluding diaryl/α,β-unsaturated/α-hetero) is 1. The molecule has 0 aliphatic heterocycles. The van der Waals surface area contributed by atoms with E-state index in [1.54, 1.807) is 7.11 Å². The van der Waals surface area contributed by atoms with E-state index >= 15 is 0 Å². The fourth-order valence-electron chi connectivity index (χ4n) is 2.17. The monoisotopic (exact) mass is 232 g/mol. The number of aliphatic hydroxyl groups excluding tert-OH is 1. The number of aliphatic hydroxyl groups is 1. The zero-order chi connectivity index (χ0) is 12.4. The Balaban J connectivity index is 2.56. The lowest BCUT2D eigenvalue weighted by molar-refractivity contribution is -0.113. The van der Waals surface area contributed by atoms with Crippen molar-refractivity contribution in [1.29, 1.82) is 0 Å². The second-order valence-corrected chi connectivity index (χ2v) is 4.12. The Hall–Kier alpha value is -1.77. The summed E-state index contributed by atoms with van der Waals surface area (Å²) in [6, 6.07) is 5.65. The first-order chi connectivity index (χ1) is 8.17. The molecule has 0 saturated heterocycles. The molecule has 0 unspecified atom stereocenters. The minimum atomic E-state index is 0.0189. The van der Waals surface area contributed by atoms with Gasteiger partial charge in [0.25, 0.3) is 0 Å². The minimum Gasteiger partial charge on any atom is -0.512 e. The summed E-state index contributed by atoms with van der Waals surface area (Å²) in [6.07, 6.45) is 1.68. The van der Waals surface area contributed by atoms with Crippen LogP contribution in [0.5, 0.6) is 5.75 Å². The van der Waals surface area contributed by atoms with Crippen molar-refractivity contribution in [2.45, 2.75) is 26.2 Å². The third kappa shape index (κ3) is 2.05. The topological polar surface area (TPSA) is 46.5 Å². The van der Waals surface area contributed by atoms with E-state index < -0.39 is 0 Å². The summed E-state index contributed by atoms with van der Waals surface area (Å²) >= 11 is 0. The summed E-state index contributed by atoms with van der Waals surface area (Å²) in [4.78, 5) is 11.8. The van der Waals surface area contributed by atoms with Gasteiger partial charge in [-0.15, -0.1) is 0 Å². The zero-order valence-electron chi connectivity index (χ0n) is 10.1. The third-order valence-corrected chi connectivity index (χ3v) is 3.12. The molecule has 1 aromatic carbocycles. The summed E-state index contributed by atoms with van der Waals surface area (Å²) in [5, 5.41) is 9.81. The van der Waals surface area contributed by atoms with Crippen molar-refractivity contribution >= 4 is 11.4 Å². The molecule has 0 saturated carbocycles. The van der Waals surface area contributed by atoms with E-state index in [2.05, 4.69) is 0 Å². The van der Waals surface area contributed by atoms with Crippen molar-refractivity contribution in [2.24, 2.45) is 0 Å². The Morgan fingerprint density at radius 1 is 1.35 bits per heavy atom. The average Bonchev–Trinajstić information content (AvgIpc) is 2.68. The smallest absolute Gasteiger partial charge is 0.167 e. The van der Waals surface area contributed by atoms with Gasteiger partial charge in [0.05, 0.1) is 12.7 Å². The lowest BCUT2D eigenvalue weighted by Gasteiger charge is -2.10. The molecule has 0 aromatic heterocycles. The number of carbonyl (C=O) groups excluding carboxylic acids is 1. The van der Waals surface area contributed by atoms with Crippen molar-refractivity contribution in [1.82, 2.24) is 0 Å². The highest BCUT2D eigenvalue weighted by atomic mass is 16.5. The van der Waals surface area contributed by atoms with Crippen molar-refractivity contribution in [3.63, 3.8) is 0 Å². The van der Waals surface area contributed by atoms with E-state index in [-0.39, 0.29) is 11.5 Å². The van der Waals surface area contributed by atoms with Crippen LogP contribution in [-0.2, 0) is 11.2 Å². The number of allylic oxidation sites excluding steroid dienone is 2. The summed E-state index contributed by atoms with van der Waals surface area (Å²) < 4.78 is 5.17. The first-order valence-electron chi connectivity index (χ1n) is 5.80. The Labute approximate surface area is 101 Å². The number of ketones is 1. The molecule has 0 radical (unpaired) electrons. The van der Waals surface area contributed by atoms with Crippen LogP contribution in [0.1, 0.15) is 30.9 Å². The molecule has 3 nitrogen and oxygen atoms in total. The predicted octanol–water partition coefficient (Wildman–Crippen LogP) is 2.89. The van der Waals surface area contributed by atoms with Crippen LogP contribution in [0.2, 0.25) is 0 Å². The summed E-state index contributed by atoms with van der Waals surface area (Å²) in [5.74, 6) is 0.931. The molecule has 0 fully saturated rings. The highest BCUT2D eigenvalue weighted by molar-refractivity contribution is 6.23. The van der Waals surface area contributed by atoms with Crippen LogP contribution in [0.25, 0.3) is 5.57 Å². The van der Waals surface area contributed by atoms with E-state index in [1.165, 1.54) is 0 Å². The number of benzene rings is 1. The molecule has 1 N–H and O–H groups in total. The molecule has 0 atom stereocenters. The van der Waals surface area contributed by atoms with Crippen LogP contribution in [0.3, 0.4) is 0 Å². The first-order valence-corrected chi connectivity index (χ1v) is 5.80. The molecule has 0 heterocycles. The van der Waals surface area contributed by atoms with E-state index in [0.29, 0.717) is 24.2 Å². The van der Waals surface area contributed by atoms with E-state index in [9.17, 15) is 9.90 Å². The minimum absolute atomic E-state index is 0.0189. The van der Waals surface area contributed by atoms with Crippen molar-refractivity contribution in [3.05, 3.63) is 35.1 Å². The number of rotatable bonds is 3. The highest BCUT2D eigenvalue weighted by Crippen LogP contribution is 2.33. The molecule has 90 valence electrons. The second kappa shape index (κ2) is 4.62. The van der Waals surface area contributed by atoms with Crippen molar-refractivity contribution in [2.75, 3.05) is 7.11 Å². The van der Waals surface area contributed by atoms with Gasteiger partial charge in [-0.3, -0.25) is 4.79 Å². The summed E-state index contributed by atoms with van der Waals surface area (Å²) in [7, 11) is 1.59. The molecule has 0 amide bonds. The molecule has 17 heavy (non-hydrogen) atoms. The van der Waals surface area contributed by atoms with Gasteiger partial charge in [-0.05, 0) is 29.7 Å². The van der Waals surface area contributed by atoms with Crippen LogP contribution in [0, 0.1) is 0 Å². The van der Waals surface area contributed by atoms with Crippen molar-refractivity contribution in [3.8, 4) is 5.75 Å². The molecule has 1 aromatic rings. The number of aryl methyl sites for hydroxylation is 1. The maximum absolute atomic E-state index is 11.8. The van der Waals surface area contributed by atoms with Gasteiger partial charge >= 0.3 is 0 Å². The van der Waals surface area contributed by atoms with E-state index in [4.69, 9.17) is 4.74 Å². The van der Waals surface area contributed by atoms with Gasteiger partial charge in [-0.1, -0.05) is 13.0 Å². The molecular weight excluding hydrogens is 216 g/mol. The number of carbonyl (C=O) groups is 1. The van der Waals surface area contributed by atoms with Crippen LogP contribution >= 0.6 is 0 Å². The van der Waals surface area contributed by atoms with Crippen LogP contribution in [-0.4, -0.2) is 18.0 Å². The van der Waals surface area contributed by atoms with Crippen LogP contribution in [0.4, 0.5) is 0 Å². The van der Waals surface area contributed by atoms with Crippen molar-refractivity contribution < 1.29 is 14.6 Å².